The SMILES string of the molecule is Cc1ccc(C=Cc2ccc(CC(F)(F)C(F)(F)C(F)(F)C(F)(F)C(F)(F)F)cc2)cc1. The lowest BCUT2D eigenvalue weighted by atomic mass is 9.93. The van der Waals surface area contributed by atoms with E-state index in [0.717, 1.165) is 35.4 Å². The Hall–Kier alpha value is -2.59. The molecule has 0 atom stereocenters. The fourth-order valence-corrected chi connectivity index (χ4v) is 2.59. The lowest BCUT2D eigenvalue weighted by Crippen LogP contribution is -2.66. The quantitative estimate of drug-likeness (QED) is 0.283. The third-order valence-corrected chi connectivity index (χ3v) is 4.56. The number of hydrogen-bond acceptors (Lipinski definition) is 0. The molecule has 2 rings (SSSR count). The van der Waals surface area contributed by atoms with Gasteiger partial charge in [0.15, 0.2) is 0 Å². The Morgan fingerprint density at radius 3 is 1.38 bits per heavy atom. The summed E-state index contributed by atoms with van der Waals surface area (Å²) in [5, 5.41) is 0. The van der Waals surface area contributed by atoms with Gasteiger partial charge >= 0.3 is 29.9 Å². The second-order valence-electron chi connectivity index (χ2n) is 7.09. The van der Waals surface area contributed by atoms with E-state index in [2.05, 4.69) is 0 Å². The van der Waals surface area contributed by atoms with E-state index >= 15 is 0 Å². The third-order valence-electron chi connectivity index (χ3n) is 4.56. The Labute approximate surface area is 175 Å². The molecule has 0 nitrogen and oxygen atoms in total. The molecule has 0 bridgehead atoms. The molecule has 0 aliphatic rings. The molecule has 0 amide bonds. The zero-order valence-corrected chi connectivity index (χ0v) is 16.1. The summed E-state index contributed by atoms with van der Waals surface area (Å²) in [6.45, 7) is 1.87. The number of alkyl halides is 11. The number of hydrogen-bond donors (Lipinski definition) is 0. The van der Waals surface area contributed by atoms with E-state index in [-0.39, 0.29) is 0 Å². The van der Waals surface area contributed by atoms with E-state index in [1.54, 1.807) is 18.2 Å². The minimum atomic E-state index is -7.39. The van der Waals surface area contributed by atoms with Crippen molar-refractivity contribution in [3.8, 4) is 0 Å². The second kappa shape index (κ2) is 8.40. The van der Waals surface area contributed by atoms with Gasteiger partial charge in [0.05, 0.1) is 0 Å². The first-order chi connectivity index (χ1) is 14.4. The fourth-order valence-electron chi connectivity index (χ4n) is 2.59. The standard InChI is InChI=1S/C21H15F11/c1-13-2-4-14(5-3-13)6-7-15-8-10-16(11-9-15)12-17(22,23)18(24,25)19(26,27)20(28,29)21(30,31)32/h2-11H,12H2,1H3. The maximum absolute atomic E-state index is 13.9. The Bertz CT molecular complexity index is 937. The topological polar surface area (TPSA) is 0 Å². The molecular formula is C21H15F11. The molecule has 0 N–H and O–H groups in total. The van der Waals surface area contributed by atoms with Crippen molar-refractivity contribution >= 4 is 12.2 Å². The van der Waals surface area contributed by atoms with Crippen LogP contribution in [0.2, 0.25) is 0 Å². The molecule has 0 fully saturated rings. The van der Waals surface area contributed by atoms with Crippen LogP contribution in [0.15, 0.2) is 48.5 Å². The average Bonchev–Trinajstić information content (AvgIpc) is 2.67. The predicted octanol–water partition coefficient (Wildman–Crippen LogP) is 7.81. The molecule has 176 valence electrons. The highest BCUT2D eigenvalue weighted by molar-refractivity contribution is 5.69. The van der Waals surface area contributed by atoms with Gasteiger partial charge in [0, 0.05) is 6.42 Å². The molecule has 0 spiro atoms. The van der Waals surface area contributed by atoms with Crippen molar-refractivity contribution in [1.82, 2.24) is 0 Å². The lowest BCUT2D eigenvalue weighted by Gasteiger charge is -2.37. The largest absolute Gasteiger partial charge is 0.460 e. The first-order valence-electron chi connectivity index (χ1n) is 8.84. The van der Waals surface area contributed by atoms with Crippen LogP contribution in [0.4, 0.5) is 48.3 Å². The summed E-state index contributed by atoms with van der Waals surface area (Å²) >= 11 is 0. The predicted molar refractivity (Wildman–Crippen MR) is 96.1 cm³/mol. The molecule has 0 unspecified atom stereocenters. The highest BCUT2D eigenvalue weighted by Crippen LogP contribution is 2.57. The van der Waals surface area contributed by atoms with Crippen molar-refractivity contribution in [3.05, 3.63) is 70.8 Å². The van der Waals surface area contributed by atoms with Crippen LogP contribution >= 0.6 is 0 Å². The van der Waals surface area contributed by atoms with E-state index in [4.69, 9.17) is 0 Å². The normalized spacial score (nSPS) is 14.2. The Balaban J connectivity index is 2.22. The smallest absolute Gasteiger partial charge is 0.199 e. The first-order valence-corrected chi connectivity index (χ1v) is 8.84. The second-order valence-corrected chi connectivity index (χ2v) is 7.09. The summed E-state index contributed by atoms with van der Waals surface area (Å²) in [5.41, 5.74) is 1.51. The molecule has 0 heterocycles. The number of aryl methyl sites for hydroxylation is 1. The summed E-state index contributed by atoms with van der Waals surface area (Å²) in [7, 11) is 0. The molecule has 0 saturated heterocycles. The van der Waals surface area contributed by atoms with Gasteiger partial charge in [0.2, 0.25) is 0 Å². The first kappa shape index (κ1) is 25.7. The maximum atomic E-state index is 13.9. The summed E-state index contributed by atoms with van der Waals surface area (Å²) in [6, 6.07) is 11.2. The van der Waals surface area contributed by atoms with Crippen molar-refractivity contribution < 1.29 is 48.3 Å². The summed E-state index contributed by atoms with van der Waals surface area (Å²) in [5.74, 6) is -27.7. The molecule has 0 aliphatic heterocycles. The van der Waals surface area contributed by atoms with E-state index in [9.17, 15) is 48.3 Å². The fraction of sp³-hybridized carbons (Fsp3) is 0.333. The van der Waals surface area contributed by atoms with Gasteiger partial charge in [0.1, 0.15) is 0 Å². The van der Waals surface area contributed by atoms with Gasteiger partial charge in [-0.3, -0.25) is 0 Å². The molecule has 32 heavy (non-hydrogen) atoms. The molecule has 2 aromatic carbocycles. The van der Waals surface area contributed by atoms with Crippen LogP contribution < -0.4 is 0 Å². The number of rotatable bonds is 7. The Morgan fingerprint density at radius 1 is 0.562 bits per heavy atom. The minimum absolute atomic E-state index is 0.401. The summed E-state index contributed by atoms with van der Waals surface area (Å²) in [4.78, 5) is 0. The molecule has 11 heteroatoms. The van der Waals surface area contributed by atoms with Crippen molar-refractivity contribution in [2.24, 2.45) is 0 Å². The Morgan fingerprint density at radius 2 is 0.969 bits per heavy atom. The highest BCUT2D eigenvalue weighted by Gasteiger charge is 2.86. The molecule has 0 saturated carbocycles. The summed E-state index contributed by atoms with van der Waals surface area (Å²) < 4.78 is 144. The molecular weight excluding hydrogens is 461 g/mol. The van der Waals surface area contributed by atoms with Crippen LogP contribution in [0.1, 0.15) is 22.3 Å². The molecule has 0 radical (unpaired) electrons. The molecule has 0 aromatic heterocycles. The van der Waals surface area contributed by atoms with Crippen LogP contribution in [-0.4, -0.2) is 29.9 Å². The van der Waals surface area contributed by atoms with E-state index in [1.165, 1.54) is 6.08 Å². The van der Waals surface area contributed by atoms with Crippen LogP contribution in [0.25, 0.3) is 12.2 Å². The van der Waals surface area contributed by atoms with Crippen LogP contribution in [0.5, 0.6) is 0 Å². The van der Waals surface area contributed by atoms with Gasteiger partial charge in [-0.05, 0) is 23.6 Å². The molecule has 0 aliphatic carbocycles. The average molecular weight is 476 g/mol. The minimum Gasteiger partial charge on any atom is -0.199 e. The zero-order valence-electron chi connectivity index (χ0n) is 16.1. The summed E-state index contributed by atoms with van der Waals surface area (Å²) in [6.07, 6.45) is -6.19. The lowest BCUT2D eigenvalue weighted by molar-refractivity contribution is -0.421. The van der Waals surface area contributed by atoms with Crippen LogP contribution in [0, 0.1) is 6.92 Å². The van der Waals surface area contributed by atoms with E-state index in [1.807, 2.05) is 19.1 Å². The van der Waals surface area contributed by atoms with Crippen molar-refractivity contribution in [2.45, 2.75) is 43.2 Å². The van der Waals surface area contributed by atoms with Gasteiger partial charge in [-0.1, -0.05) is 66.2 Å². The maximum Gasteiger partial charge on any atom is 0.460 e. The van der Waals surface area contributed by atoms with Gasteiger partial charge in [-0.25, -0.2) is 0 Å². The van der Waals surface area contributed by atoms with Gasteiger partial charge in [0.25, 0.3) is 0 Å². The van der Waals surface area contributed by atoms with E-state index < -0.39 is 41.9 Å². The van der Waals surface area contributed by atoms with Crippen molar-refractivity contribution in [1.29, 1.82) is 0 Å². The van der Waals surface area contributed by atoms with E-state index in [0.29, 0.717) is 5.56 Å². The van der Waals surface area contributed by atoms with Gasteiger partial charge in [-0.2, -0.15) is 48.3 Å². The third kappa shape index (κ3) is 4.75. The van der Waals surface area contributed by atoms with Crippen molar-refractivity contribution in [3.63, 3.8) is 0 Å². The van der Waals surface area contributed by atoms with Crippen LogP contribution in [0.3, 0.4) is 0 Å². The monoisotopic (exact) mass is 476 g/mol. The number of halogens is 11. The van der Waals surface area contributed by atoms with Crippen LogP contribution in [-0.2, 0) is 6.42 Å². The zero-order chi connectivity index (χ0) is 24.6. The Kier molecular flexibility index (Phi) is 6.74. The highest BCUT2D eigenvalue weighted by atomic mass is 19.4. The van der Waals surface area contributed by atoms with Crippen molar-refractivity contribution in [2.75, 3.05) is 0 Å². The van der Waals surface area contributed by atoms with Gasteiger partial charge in [-0.15, -0.1) is 0 Å². The van der Waals surface area contributed by atoms with Gasteiger partial charge < -0.3 is 0 Å². The number of benzene rings is 2. The molecule has 2 aromatic rings.